The lowest BCUT2D eigenvalue weighted by Crippen LogP contribution is -2.00. The number of halogens is 2. The zero-order valence-corrected chi connectivity index (χ0v) is 17.2. The van der Waals surface area contributed by atoms with Crippen molar-refractivity contribution >= 4 is 11.0 Å². The molecule has 8 heteroatoms. The van der Waals surface area contributed by atoms with Crippen LogP contribution in [0.1, 0.15) is 36.4 Å². The number of hydrogen-bond acceptors (Lipinski definition) is 5. The SMILES string of the molecule is COc1ccc(-n2nc(C3CC3)c3c(C(F)F)cc(-c4ccc5c(c4)OCO5)nc32)cc1. The van der Waals surface area contributed by atoms with Crippen molar-refractivity contribution in [2.75, 3.05) is 13.9 Å². The molecule has 0 unspecified atom stereocenters. The van der Waals surface area contributed by atoms with Crippen LogP contribution in [0.3, 0.4) is 0 Å². The van der Waals surface area contributed by atoms with Gasteiger partial charge in [-0.1, -0.05) is 0 Å². The van der Waals surface area contributed by atoms with Gasteiger partial charge in [-0.2, -0.15) is 5.10 Å². The summed E-state index contributed by atoms with van der Waals surface area (Å²) in [6.07, 6.45) is -0.762. The van der Waals surface area contributed by atoms with E-state index in [2.05, 4.69) is 0 Å². The van der Waals surface area contributed by atoms with Crippen LogP contribution in [-0.2, 0) is 0 Å². The Hall–Kier alpha value is -3.68. The van der Waals surface area contributed by atoms with E-state index < -0.39 is 6.43 Å². The second-order valence-corrected chi connectivity index (χ2v) is 7.93. The second kappa shape index (κ2) is 7.19. The van der Waals surface area contributed by atoms with Crippen molar-refractivity contribution in [2.24, 2.45) is 0 Å². The molecule has 1 aliphatic heterocycles. The lowest BCUT2D eigenvalue weighted by molar-refractivity contribution is 0.153. The number of nitrogens with zero attached hydrogens (tertiary/aromatic N) is 3. The Morgan fingerprint density at radius 1 is 1.03 bits per heavy atom. The van der Waals surface area contributed by atoms with Gasteiger partial charge in [-0.3, -0.25) is 0 Å². The Labute approximate surface area is 182 Å². The monoisotopic (exact) mass is 435 g/mol. The van der Waals surface area contributed by atoms with E-state index in [0.29, 0.717) is 45.2 Å². The lowest BCUT2D eigenvalue weighted by atomic mass is 10.0. The first-order chi connectivity index (χ1) is 15.6. The fourth-order valence-corrected chi connectivity index (χ4v) is 4.09. The molecule has 0 N–H and O–H groups in total. The summed E-state index contributed by atoms with van der Waals surface area (Å²) in [4.78, 5) is 4.80. The van der Waals surface area contributed by atoms with Crippen LogP contribution in [-0.4, -0.2) is 28.7 Å². The third-order valence-corrected chi connectivity index (χ3v) is 5.88. The Balaban J connectivity index is 1.59. The summed E-state index contributed by atoms with van der Waals surface area (Å²) >= 11 is 0. The van der Waals surface area contributed by atoms with Crippen LogP contribution in [0, 0.1) is 0 Å². The van der Waals surface area contributed by atoms with Gasteiger partial charge in [-0.15, -0.1) is 0 Å². The van der Waals surface area contributed by atoms with Crippen molar-refractivity contribution in [2.45, 2.75) is 25.2 Å². The van der Waals surface area contributed by atoms with Gasteiger partial charge in [-0.05, 0) is 61.4 Å². The van der Waals surface area contributed by atoms with Crippen LogP contribution in [0.4, 0.5) is 8.78 Å². The minimum absolute atomic E-state index is 0.0515. The van der Waals surface area contributed by atoms with Crippen molar-refractivity contribution in [1.82, 2.24) is 14.8 Å². The topological polar surface area (TPSA) is 58.4 Å². The number of methoxy groups -OCH3 is 1. The van der Waals surface area contributed by atoms with Gasteiger partial charge < -0.3 is 14.2 Å². The summed E-state index contributed by atoms with van der Waals surface area (Å²) in [5.74, 6) is 2.09. The summed E-state index contributed by atoms with van der Waals surface area (Å²) < 4.78 is 46.2. The van der Waals surface area contributed by atoms with Crippen LogP contribution in [0.25, 0.3) is 28.0 Å². The number of aromatic nitrogens is 3. The third-order valence-electron chi connectivity index (χ3n) is 5.88. The van der Waals surface area contributed by atoms with Gasteiger partial charge in [0.1, 0.15) is 5.75 Å². The Morgan fingerprint density at radius 3 is 2.53 bits per heavy atom. The molecule has 6 nitrogen and oxygen atoms in total. The van der Waals surface area contributed by atoms with E-state index in [-0.39, 0.29) is 18.3 Å². The van der Waals surface area contributed by atoms with Crippen LogP contribution in [0.5, 0.6) is 17.2 Å². The lowest BCUT2D eigenvalue weighted by Gasteiger charge is -2.10. The molecule has 2 aromatic heterocycles. The van der Waals surface area contributed by atoms with Gasteiger partial charge in [0.15, 0.2) is 17.1 Å². The molecule has 6 rings (SSSR count). The average Bonchev–Trinajstić information content (AvgIpc) is 3.43. The summed E-state index contributed by atoms with van der Waals surface area (Å²) in [5.41, 5.74) is 2.90. The second-order valence-electron chi connectivity index (χ2n) is 7.93. The van der Waals surface area contributed by atoms with Crippen molar-refractivity contribution < 1.29 is 23.0 Å². The molecule has 0 spiro atoms. The molecule has 1 saturated carbocycles. The number of benzene rings is 2. The average molecular weight is 435 g/mol. The molecule has 2 aromatic carbocycles. The highest BCUT2D eigenvalue weighted by Crippen LogP contribution is 2.46. The van der Waals surface area contributed by atoms with E-state index in [0.717, 1.165) is 18.5 Å². The largest absolute Gasteiger partial charge is 0.497 e. The number of hydrogen-bond donors (Lipinski definition) is 0. The molecule has 1 aliphatic carbocycles. The van der Waals surface area contributed by atoms with Gasteiger partial charge in [0.05, 0.1) is 29.6 Å². The minimum Gasteiger partial charge on any atom is -0.497 e. The first-order valence-electron chi connectivity index (χ1n) is 10.4. The molecule has 0 amide bonds. The molecule has 1 fully saturated rings. The predicted molar refractivity (Wildman–Crippen MR) is 114 cm³/mol. The van der Waals surface area contributed by atoms with Gasteiger partial charge in [-0.25, -0.2) is 18.4 Å². The molecular formula is C24H19F2N3O3. The van der Waals surface area contributed by atoms with E-state index in [4.69, 9.17) is 24.3 Å². The minimum atomic E-state index is -2.65. The normalized spacial score (nSPS) is 15.0. The number of alkyl halides is 2. The maximum Gasteiger partial charge on any atom is 0.264 e. The van der Waals surface area contributed by atoms with Crippen molar-refractivity contribution in [3.8, 4) is 34.2 Å². The zero-order valence-electron chi connectivity index (χ0n) is 17.2. The molecule has 3 heterocycles. The first kappa shape index (κ1) is 19.0. The predicted octanol–water partition coefficient (Wildman–Crippen LogP) is 5.64. The molecule has 2 aliphatic rings. The summed E-state index contributed by atoms with van der Waals surface area (Å²) in [6, 6.07) is 14.1. The summed E-state index contributed by atoms with van der Waals surface area (Å²) in [7, 11) is 1.59. The van der Waals surface area contributed by atoms with Crippen LogP contribution in [0.15, 0.2) is 48.5 Å². The third kappa shape index (κ3) is 3.05. The number of ether oxygens (including phenoxy) is 3. The fourth-order valence-electron chi connectivity index (χ4n) is 4.09. The Morgan fingerprint density at radius 2 is 1.81 bits per heavy atom. The van der Waals surface area contributed by atoms with E-state index >= 15 is 0 Å². The van der Waals surface area contributed by atoms with Crippen LogP contribution < -0.4 is 14.2 Å². The standard InChI is InChI=1S/C24H19F2N3O3/c1-30-16-7-5-15(6-8-16)29-24-21(22(28-29)13-2-3-13)17(23(25)26)11-18(27-24)14-4-9-19-20(10-14)32-12-31-19/h4-11,13,23H,2-3,12H2,1H3. The highest BCUT2D eigenvalue weighted by atomic mass is 19.3. The molecule has 0 atom stereocenters. The number of fused-ring (bicyclic) bond motifs is 2. The molecule has 0 bridgehead atoms. The molecule has 162 valence electrons. The smallest absolute Gasteiger partial charge is 0.264 e. The maximum atomic E-state index is 14.3. The van der Waals surface area contributed by atoms with Crippen LogP contribution >= 0.6 is 0 Å². The van der Waals surface area contributed by atoms with E-state index in [1.807, 2.05) is 24.3 Å². The quantitative estimate of drug-likeness (QED) is 0.406. The molecule has 0 radical (unpaired) electrons. The maximum absolute atomic E-state index is 14.3. The molecule has 0 saturated heterocycles. The summed E-state index contributed by atoms with van der Waals surface area (Å²) in [6.45, 7) is 0.141. The van der Waals surface area contributed by atoms with Crippen molar-refractivity contribution in [3.05, 3.63) is 59.8 Å². The zero-order chi connectivity index (χ0) is 21.8. The highest BCUT2D eigenvalue weighted by Gasteiger charge is 2.33. The van der Waals surface area contributed by atoms with Gasteiger partial charge >= 0.3 is 0 Å². The summed E-state index contributed by atoms with van der Waals surface area (Å²) in [5, 5.41) is 5.20. The number of rotatable bonds is 5. The van der Waals surface area contributed by atoms with Crippen molar-refractivity contribution in [1.29, 1.82) is 0 Å². The molecule has 4 aromatic rings. The molecular weight excluding hydrogens is 416 g/mol. The first-order valence-corrected chi connectivity index (χ1v) is 10.4. The fraction of sp³-hybridized carbons (Fsp3) is 0.250. The highest BCUT2D eigenvalue weighted by molar-refractivity contribution is 5.87. The van der Waals surface area contributed by atoms with E-state index in [9.17, 15) is 8.78 Å². The molecule has 32 heavy (non-hydrogen) atoms. The van der Waals surface area contributed by atoms with Crippen LogP contribution in [0.2, 0.25) is 0 Å². The Kier molecular flexibility index (Phi) is 4.28. The van der Waals surface area contributed by atoms with Gasteiger partial charge in [0.2, 0.25) is 6.79 Å². The van der Waals surface area contributed by atoms with E-state index in [1.54, 1.807) is 30.0 Å². The van der Waals surface area contributed by atoms with E-state index in [1.165, 1.54) is 6.07 Å². The van der Waals surface area contributed by atoms with Gasteiger partial charge in [0.25, 0.3) is 6.43 Å². The van der Waals surface area contributed by atoms with Crippen molar-refractivity contribution in [3.63, 3.8) is 0 Å². The number of pyridine rings is 1. The Bertz CT molecular complexity index is 1330. The van der Waals surface area contributed by atoms with Gasteiger partial charge in [0, 0.05) is 17.0 Å².